The molecule has 8 rings (SSSR count). The Kier molecular flexibility index (Phi) is 13.1. The number of carbonyl (C=O) groups is 2. The van der Waals surface area contributed by atoms with Gasteiger partial charge in [-0.05, 0) is 115 Å². The highest BCUT2D eigenvalue weighted by atomic mass is 16.8. The second-order valence-electron chi connectivity index (χ2n) is 23.4. The molecule has 0 aromatic carbocycles. The maximum atomic E-state index is 13.2. The lowest BCUT2D eigenvalue weighted by Crippen LogP contribution is -2.66. The second kappa shape index (κ2) is 17.2. The maximum Gasteiger partial charge on any atom is 0.310 e. The van der Waals surface area contributed by atoms with Gasteiger partial charge in [-0.25, -0.2) is 0 Å². The third-order valence-electron chi connectivity index (χ3n) is 19.4. The molecule has 9 N–H and O–H groups in total. The van der Waals surface area contributed by atoms with E-state index in [2.05, 4.69) is 54.5 Å². The molecule has 7 fully saturated rings. The molecular weight excluding hydrogens is 849 g/mol. The van der Waals surface area contributed by atoms with Gasteiger partial charge in [0.05, 0.1) is 30.1 Å². The van der Waals surface area contributed by atoms with Gasteiger partial charge in [0, 0.05) is 7.11 Å². The molecular formula is C48H76O17. The van der Waals surface area contributed by atoms with Gasteiger partial charge in [-0.2, -0.15) is 0 Å². The summed E-state index contributed by atoms with van der Waals surface area (Å²) in [7, 11) is 1.25. The SMILES string of the molecule is COC1OC(OC2C(O)C(OC3CCC4(C)C(CCC5(C)C4CC=C4C6CC(C)(C)CCC6(C(=O)O)CCC45C)C3(C)C)CC(C(=O)O)C2OC2OC(CO)C(O)C(O)C2O)C(O)C1O. The summed E-state index contributed by atoms with van der Waals surface area (Å²) in [5.41, 5.74) is -0.104. The molecule has 370 valence electrons. The van der Waals surface area contributed by atoms with E-state index in [9.17, 15) is 55.5 Å². The van der Waals surface area contributed by atoms with E-state index in [0.29, 0.717) is 25.2 Å². The van der Waals surface area contributed by atoms with E-state index >= 15 is 0 Å². The average Bonchev–Trinajstić information content (AvgIpc) is 3.51. The Balaban J connectivity index is 1.06. The Morgan fingerprint density at radius 1 is 0.708 bits per heavy atom. The summed E-state index contributed by atoms with van der Waals surface area (Å²) in [5, 5.41) is 97.0. The van der Waals surface area contributed by atoms with Crippen molar-refractivity contribution in [2.24, 2.45) is 56.2 Å². The zero-order chi connectivity index (χ0) is 47.6. The molecule has 17 nitrogen and oxygen atoms in total. The molecule has 0 amide bonds. The number of carboxylic acid groups (broad SMARTS) is 2. The topological polar surface area (TPSA) is 272 Å². The summed E-state index contributed by atoms with van der Waals surface area (Å²) in [5.74, 6) is -3.00. The van der Waals surface area contributed by atoms with E-state index in [-0.39, 0.29) is 39.9 Å². The number of aliphatic hydroxyl groups excluding tert-OH is 7. The van der Waals surface area contributed by atoms with Gasteiger partial charge in [-0.1, -0.05) is 60.1 Å². The molecule has 65 heavy (non-hydrogen) atoms. The second-order valence-corrected chi connectivity index (χ2v) is 23.4. The van der Waals surface area contributed by atoms with Crippen LogP contribution in [-0.4, -0.2) is 158 Å². The third kappa shape index (κ3) is 7.68. The number of carboxylic acids is 2. The van der Waals surface area contributed by atoms with Crippen molar-refractivity contribution in [1.29, 1.82) is 0 Å². The van der Waals surface area contributed by atoms with Crippen LogP contribution in [0.2, 0.25) is 0 Å². The molecule has 0 radical (unpaired) electrons. The van der Waals surface area contributed by atoms with E-state index in [1.165, 1.54) is 12.7 Å². The van der Waals surface area contributed by atoms with Gasteiger partial charge in [-0.15, -0.1) is 0 Å². The Labute approximate surface area is 381 Å². The third-order valence-corrected chi connectivity index (χ3v) is 19.4. The zero-order valence-corrected chi connectivity index (χ0v) is 39.2. The molecule has 0 bridgehead atoms. The van der Waals surface area contributed by atoms with Crippen LogP contribution in [0.4, 0.5) is 0 Å². The lowest BCUT2D eigenvalue weighted by molar-refractivity contribution is -0.345. The average molecular weight is 925 g/mol. The minimum absolute atomic E-state index is 0.00733. The van der Waals surface area contributed by atoms with E-state index in [1.807, 2.05) is 0 Å². The van der Waals surface area contributed by atoms with Gasteiger partial charge in [0.15, 0.2) is 18.9 Å². The van der Waals surface area contributed by atoms with E-state index < -0.39 is 121 Å². The predicted molar refractivity (Wildman–Crippen MR) is 228 cm³/mol. The highest BCUT2D eigenvalue weighted by Gasteiger charge is 2.70. The van der Waals surface area contributed by atoms with Crippen molar-refractivity contribution < 1.29 is 84.0 Å². The summed E-state index contributed by atoms with van der Waals surface area (Å²) in [6.07, 6.45) is -11.0. The molecule has 2 heterocycles. The van der Waals surface area contributed by atoms with Gasteiger partial charge < -0.3 is 74.4 Å². The van der Waals surface area contributed by atoms with Crippen LogP contribution in [-0.2, 0) is 38.0 Å². The molecule has 5 saturated carbocycles. The highest BCUT2D eigenvalue weighted by Crippen LogP contribution is 2.76. The molecule has 22 unspecified atom stereocenters. The van der Waals surface area contributed by atoms with E-state index in [4.69, 9.17) is 28.4 Å². The fourth-order valence-electron chi connectivity index (χ4n) is 15.3. The number of aliphatic carboxylic acids is 2. The monoisotopic (exact) mass is 925 g/mol. The van der Waals surface area contributed by atoms with Gasteiger partial charge in [0.25, 0.3) is 0 Å². The Morgan fingerprint density at radius 3 is 1.97 bits per heavy atom. The highest BCUT2D eigenvalue weighted by molar-refractivity contribution is 5.76. The number of ether oxygens (including phenoxy) is 6. The van der Waals surface area contributed by atoms with Crippen LogP contribution in [0.25, 0.3) is 0 Å². The summed E-state index contributed by atoms with van der Waals surface area (Å²) in [4.78, 5) is 26.3. The molecule has 17 heteroatoms. The minimum Gasteiger partial charge on any atom is -0.481 e. The van der Waals surface area contributed by atoms with Crippen LogP contribution in [0.15, 0.2) is 11.6 Å². The molecule has 0 spiro atoms. The number of hydrogen-bond acceptors (Lipinski definition) is 15. The number of allylic oxidation sites excluding steroid dienone is 2. The number of aliphatic hydroxyl groups is 7. The number of hydrogen-bond donors (Lipinski definition) is 9. The summed E-state index contributed by atoms with van der Waals surface area (Å²) in [6, 6.07) is 0. The Bertz CT molecular complexity index is 1820. The molecule has 6 aliphatic carbocycles. The zero-order valence-electron chi connectivity index (χ0n) is 39.2. The number of fused-ring (bicyclic) bond motifs is 7. The first kappa shape index (κ1) is 49.6. The van der Waals surface area contributed by atoms with Crippen LogP contribution in [0.5, 0.6) is 0 Å². The van der Waals surface area contributed by atoms with Crippen molar-refractivity contribution in [1.82, 2.24) is 0 Å². The fraction of sp³-hybridized carbons (Fsp3) is 0.917. The first-order valence-electron chi connectivity index (χ1n) is 24.0. The first-order valence-corrected chi connectivity index (χ1v) is 24.0. The summed E-state index contributed by atoms with van der Waals surface area (Å²) < 4.78 is 35.5. The van der Waals surface area contributed by atoms with Crippen molar-refractivity contribution in [3.63, 3.8) is 0 Å². The fourth-order valence-corrected chi connectivity index (χ4v) is 15.3. The van der Waals surface area contributed by atoms with Gasteiger partial charge >= 0.3 is 11.9 Å². The van der Waals surface area contributed by atoms with Crippen LogP contribution in [0.3, 0.4) is 0 Å². The van der Waals surface area contributed by atoms with E-state index in [1.54, 1.807) is 0 Å². The predicted octanol–water partition coefficient (Wildman–Crippen LogP) is 2.71. The molecule has 2 saturated heterocycles. The van der Waals surface area contributed by atoms with Crippen molar-refractivity contribution in [3.8, 4) is 0 Å². The number of rotatable bonds is 10. The van der Waals surface area contributed by atoms with E-state index in [0.717, 1.165) is 44.9 Å². The van der Waals surface area contributed by atoms with Crippen LogP contribution < -0.4 is 0 Å². The summed E-state index contributed by atoms with van der Waals surface area (Å²) >= 11 is 0. The Morgan fingerprint density at radius 2 is 1.34 bits per heavy atom. The standard InChI is InChI=1S/C48H76O17/c1-43(2)15-17-48(42(58)59)18-16-46(6)23(24(48)20-43)9-10-28-45(5)13-12-29(44(3,4)27(45)11-14-47(28,46)7)61-25-19-22(38(56)57)36(63-40-33(53)32(52)30(50)26(21-49)62-40)37(31(25)51)64-41-35(55)34(54)39(60-8)65-41/h9,22,24-37,39-41,49-55H,10-21H2,1-8H3,(H,56,57)(H,58,59). The van der Waals surface area contributed by atoms with Gasteiger partial charge in [0.1, 0.15) is 54.9 Å². The molecule has 0 aromatic heterocycles. The van der Waals surface area contributed by atoms with Crippen LogP contribution in [0, 0.1) is 56.2 Å². The largest absolute Gasteiger partial charge is 0.481 e. The molecule has 0 aromatic rings. The van der Waals surface area contributed by atoms with Gasteiger partial charge in [0.2, 0.25) is 0 Å². The molecule has 22 atom stereocenters. The molecule has 8 aliphatic rings. The quantitative estimate of drug-likeness (QED) is 0.143. The van der Waals surface area contributed by atoms with Crippen molar-refractivity contribution in [3.05, 3.63) is 11.6 Å². The van der Waals surface area contributed by atoms with Crippen molar-refractivity contribution in [2.75, 3.05) is 13.7 Å². The van der Waals surface area contributed by atoms with Crippen LogP contribution >= 0.6 is 0 Å². The lowest BCUT2D eigenvalue weighted by Gasteiger charge is -2.71. The smallest absolute Gasteiger partial charge is 0.310 e. The summed E-state index contributed by atoms with van der Waals surface area (Å²) in [6.45, 7) is 15.5. The van der Waals surface area contributed by atoms with Gasteiger partial charge in [-0.3, -0.25) is 9.59 Å². The van der Waals surface area contributed by atoms with Crippen LogP contribution in [0.1, 0.15) is 119 Å². The van der Waals surface area contributed by atoms with Crippen molar-refractivity contribution in [2.45, 2.75) is 205 Å². The molecule has 2 aliphatic heterocycles. The Hall–Kier alpha value is -1.84. The lowest BCUT2D eigenvalue weighted by atomic mass is 9.33. The number of methoxy groups -OCH3 is 1. The minimum atomic E-state index is -1.90. The normalized spacial score (nSPS) is 52.6. The maximum absolute atomic E-state index is 13.2. The van der Waals surface area contributed by atoms with Crippen molar-refractivity contribution >= 4 is 11.9 Å². The first-order chi connectivity index (χ1) is 30.3.